The van der Waals surface area contributed by atoms with E-state index in [4.69, 9.17) is 4.74 Å². The summed E-state index contributed by atoms with van der Waals surface area (Å²) in [5.41, 5.74) is -0.569. The minimum Gasteiger partial charge on any atom is -0.387 e. The zero-order valence-electron chi connectivity index (χ0n) is 5.35. The minimum atomic E-state index is -0.569. The average molecular weight is 116 g/mol. The number of aliphatic hydroxyl groups is 1. The van der Waals surface area contributed by atoms with E-state index in [0.29, 0.717) is 0 Å². The van der Waals surface area contributed by atoms with Crippen LogP contribution in [-0.2, 0) is 4.74 Å². The predicted octanol–water partition coefficient (Wildman–Crippen LogP) is 0.546. The molecule has 1 heterocycles. The van der Waals surface area contributed by atoms with Gasteiger partial charge in [-0.1, -0.05) is 6.92 Å². The summed E-state index contributed by atoms with van der Waals surface area (Å²) in [5, 5.41) is 9.34. The average Bonchev–Trinajstić information content (AvgIpc) is 2.44. The van der Waals surface area contributed by atoms with Crippen LogP contribution in [0, 0.1) is 0 Å². The molecule has 0 aromatic carbocycles. The number of epoxide rings is 1. The Balaban J connectivity index is 2.37. The van der Waals surface area contributed by atoms with Crippen LogP contribution < -0.4 is 0 Å². The molecule has 1 fully saturated rings. The SMILES string of the molecule is CCC(C)(O)C1CO1. The summed E-state index contributed by atoms with van der Waals surface area (Å²) in [6.45, 7) is 4.51. The van der Waals surface area contributed by atoms with Crippen LogP contribution >= 0.6 is 0 Å². The van der Waals surface area contributed by atoms with Gasteiger partial charge in [-0.25, -0.2) is 0 Å². The summed E-state index contributed by atoms with van der Waals surface area (Å²) in [6.07, 6.45) is 0.894. The molecule has 0 saturated carbocycles. The molecule has 0 aliphatic carbocycles. The van der Waals surface area contributed by atoms with Gasteiger partial charge < -0.3 is 9.84 Å². The second-order valence-corrected chi connectivity index (χ2v) is 2.53. The quantitative estimate of drug-likeness (QED) is 0.534. The first-order chi connectivity index (χ1) is 3.67. The third-order valence-corrected chi connectivity index (χ3v) is 1.74. The summed E-state index contributed by atoms with van der Waals surface area (Å²) in [4.78, 5) is 0. The molecule has 1 aliphatic heterocycles. The Hall–Kier alpha value is -0.0800. The maximum Gasteiger partial charge on any atom is 0.109 e. The summed E-state index contributed by atoms with van der Waals surface area (Å²) in [6, 6.07) is 0. The first-order valence-corrected chi connectivity index (χ1v) is 3.01. The molecule has 1 aliphatic rings. The van der Waals surface area contributed by atoms with E-state index in [1.165, 1.54) is 0 Å². The highest BCUT2D eigenvalue weighted by molar-refractivity contribution is 4.88. The topological polar surface area (TPSA) is 32.8 Å². The van der Waals surface area contributed by atoms with Gasteiger partial charge in [0, 0.05) is 0 Å². The first-order valence-electron chi connectivity index (χ1n) is 3.01. The fourth-order valence-corrected chi connectivity index (χ4v) is 0.635. The van der Waals surface area contributed by atoms with E-state index in [1.807, 2.05) is 13.8 Å². The summed E-state index contributed by atoms with van der Waals surface area (Å²) in [5.74, 6) is 0. The van der Waals surface area contributed by atoms with Crippen molar-refractivity contribution < 1.29 is 9.84 Å². The van der Waals surface area contributed by atoms with E-state index in [2.05, 4.69) is 0 Å². The maximum atomic E-state index is 9.34. The van der Waals surface area contributed by atoms with Gasteiger partial charge in [0.15, 0.2) is 0 Å². The van der Waals surface area contributed by atoms with Gasteiger partial charge in [-0.2, -0.15) is 0 Å². The van der Waals surface area contributed by atoms with Crippen LogP contribution in [0.4, 0.5) is 0 Å². The van der Waals surface area contributed by atoms with Crippen molar-refractivity contribution in [3.05, 3.63) is 0 Å². The number of ether oxygens (including phenoxy) is 1. The zero-order chi connectivity index (χ0) is 6.20. The summed E-state index contributed by atoms with van der Waals surface area (Å²) in [7, 11) is 0. The Kier molecular flexibility index (Phi) is 1.29. The van der Waals surface area contributed by atoms with E-state index in [0.717, 1.165) is 13.0 Å². The van der Waals surface area contributed by atoms with Crippen molar-refractivity contribution in [3.63, 3.8) is 0 Å². The van der Waals surface area contributed by atoms with E-state index in [1.54, 1.807) is 0 Å². The predicted molar refractivity (Wildman–Crippen MR) is 30.7 cm³/mol. The summed E-state index contributed by atoms with van der Waals surface area (Å²) >= 11 is 0. The van der Waals surface area contributed by atoms with Crippen LogP contribution in [0.2, 0.25) is 0 Å². The van der Waals surface area contributed by atoms with Crippen molar-refractivity contribution in [1.29, 1.82) is 0 Å². The van der Waals surface area contributed by atoms with Gasteiger partial charge in [0.1, 0.15) is 6.10 Å². The van der Waals surface area contributed by atoms with Crippen LogP contribution in [0.3, 0.4) is 0 Å². The van der Waals surface area contributed by atoms with Crippen molar-refractivity contribution in [2.24, 2.45) is 0 Å². The zero-order valence-corrected chi connectivity index (χ0v) is 5.35. The molecule has 8 heavy (non-hydrogen) atoms. The summed E-state index contributed by atoms with van der Waals surface area (Å²) < 4.78 is 4.91. The van der Waals surface area contributed by atoms with Gasteiger partial charge in [0.2, 0.25) is 0 Å². The second-order valence-electron chi connectivity index (χ2n) is 2.53. The second kappa shape index (κ2) is 1.71. The highest BCUT2D eigenvalue weighted by Gasteiger charge is 2.39. The van der Waals surface area contributed by atoms with Gasteiger partial charge in [-0.3, -0.25) is 0 Å². The Bertz CT molecular complexity index is 84.5. The molecule has 1 rings (SSSR count). The molecule has 0 aromatic rings. The molecule has 1 N–H and O–H groups in total. The van der Waals surface area contributed by atoms with E-state index < -0.39 is 5.60 Å². The number of hydrogen-bond donors (Lipinski definition) is 1. The molecule has 0 aromatic heterocycles. The number of rotatable bonds is 2. The van der Waals surface area contributed by atoms with Crippen LogP contribution in [0.1, 0.15) is 20.3 Å². The van der Waals surface area contributed by atoms with Crippen molar-refractivity contribution in [3.8, 4) is 0 Å². The Morgan fingerprint density at radius 2 is 2.38 bits per heavy atom. The number of hydrogen-bond acceptors (Lipinski definition) is 2. The van der Waals surface area contributed by atoms with Crippen molar-refractivity contribution >= 4 is 0 Å². The third-order valence-electron chi connectivity index (χ3n) is 1.74. The fraction of sp³-hybridized carbons (Fsp3) is 1.00. The molecular formula is C6H12O2. The molecule has 0 radical (unpaired) electrons. The van der Waals surface area contributed by atoms with Crippen molar-refractivity contribution in [2.45, 2.75) is 32.0 Å². The molecule has 1 saturated heterocycles. The van der Waals surface area contributed by atoms with Gasteiger partial charge in [0.05, 0.1) is 12.2 Å². The maximum absolute atomic E-state index is 9.34. The molecule has 0 spiro atoms. The lowest BCUT2D eigenvalue weighted by Gasteiger charge is -2.16. The normalized spacial score (nSPS) is 34.1. The molecule has 0 bridgehead atoms. The first kappa shape index (κ1) is 6.05. The van der Waals surface area contributed by atoms with Crippen LogP contribution in [0.25, 0.3) is 0 Å². The minimum absolute atomic E-state index is 0.118. The molecule has 0 amide bonds. The van der Waals surface area contributed by atoms with Gasteiger partial charge in [-0.15, -0.1) is 0 Å². The fourth-order valence-electron chi connectivity index (χ4n) is 0.635. The highest BCUT2D eigenvalue weighted by Crippen LogP contribution is 2.26. The highest BCUT2D eigenvalue weighted by atomic mass is 16.6. The molecule has 2 unspecified atom stereocenters. The lowest BCUT2D eigenvalue weighted by molar-refractivity contribution is 0.0262. The van der Waals surface area contributed by atoms with Crippen molar-refractivity contribution in [2.75, 3.05) is 6.61 Å². The van der Waals surface area contributed by atoms with Crippen LogP contribution in [-0.4, -0.2) is 23.4 Å². The van der Waals surface area contributed by atoms with Crippen LogP contribution in [0.15, 0.2) is 0 Å². The molecule has 2 nitrogen and oxygen atoms in total. The Morgan fingerprint density at radius 3 is 2.50 bits per heavy atom. The van der Waals surface area contributed by atoms with Gasteiger partial charge >= 0.3 is 0 Å². The molecule has 48 valence electrons. The van der Waals surface area contributed by atoms with Crippen LogP contribution in [0.5, 0.6) is 0 Å². The van der Waals surface area contributed by atoms with Gasteiger partial charge in [-0.05, 0) is 13.3 Å². The Morgan fingerprint density at radius 1 is 1.88 bits per heavy atom. The van der Waals surface area contributed by atoms with E-state index >= 15 is 0 Å². The molecule has 2 heteroatoms. The standard InChI is InChI=1S/C6H12O2/c1-3-6(2,7)5-4-8-5/h5,7H,3-4H2,1-2H3. The van der Waals surface area contributed by atoms with Gasteiger partial charge in [0.25, 0.3) is 0 Å². The largest absolute Gasteiger partial charge is 0.387 e. The molecule has 2 atom stereocenters. The van der Waals surface area contributed by atoms with E-state index in [-0.39, 0.29) is 6.10 Å². The Labute approximate surface area is 49.5 Å². The smallest absolute Gasteiger partial charge is 0.109 e. The third kappa shape index (κ3) is 1.01. The van der Waals surface area contributed by atoms with Crippen molar-refractivity contribution in [1.82, 2.24) is 0 Å². The lowest BCUT2D eigenvalue weighted by atomic mass is 10.0. The molecular weight excluding hydrogens is 104 g/mol. The monoisotopic (exact) mass is 116 g/mol. The lowest BCUT2D eigenvalue weighted by Crippen LogP contribution is -2.29. The van der Waals surface area contributed by atoms with E-state index in [9.17, 15) is 5.11 Å².